The smallest absolute Gasteiger partial charge is 0.270 e. The minimum Gasteiger partial charge on any atom is -0.497 e. The summed E-state index contributed by atoms with van der Waals surface area (Å²) in [4.78, 5) is 28.6. The first-order valence-electron chi connectivity index (χ1n) is 8.87. The molecule has 1 fully saturated rings. The fraction of sp³-hybridized carbons (Fsp3) is 0.0455. The summed E-state index contributed by atoms with van der Waals surface area (Å²) in [5.74, 6) is -0.222. The number of halogens is 1. The molecule has 1 aliphatic rings. The van der Waals surface area contributed by atoms with Crippen molar-refractivity contribution in [1.29, 1.82) is 0 Å². The first-order chi connectivity index (χ1) is 14.5. The minimum atomic E-state index is -0.519. The van der Waals surface area contributed by atoms with Crippen LogP contribution >= 0.6 is 35.2 Å². The van der Waals surface area contributed by atoms with Gasteiger partial charge in [-0.3, -0.25) is 19.8 Å². The largest absolute Gasteiger partial charge is 0.497 e. The molecule has 0 aliphatic carbocycles. The van der Waals surface area contributed by atoms with E-state index in [0.29, 0.717) is 10.7 Å². The van der Waals surface area contributed by atoms with E-state index in [9.17, 15) is 9.59 Å². The second-order valence-electron chi connectivity index (χ2n) is 6.36. The number of thiocarbonyl (C=S) groups is 1. The molecule has 0 unspecified atom stereocenters. The third-order valence-corrected chi connectivity index (χ3v) is 6.09. The summed E-state index contributed by atoms with van der Waals surface area (Å²) >= 11 is 12.6. The van der Waals surface area contributed by atoms with E-state index >= 15 is 0 Å². The van der Waals surface area contributed by atoms with Crippen molar-refractivity contribution in [3.63, 3.8) is 0 Å². The molecule has 150 valence electrons. The number of hydrogen-bond acceptors (Lipinski definition) is 5. The molecule has 3 aromatic rings. The zero-order valence-corrected chi connectivity index (χ0v) is 18.1. The summed E-state index contributed by atoms with van der Waals surface area (Å²) in [6.45, 7) is 0. The summed E-state index contributed by atoms with van der Waals surface area (Å²) in [5, 5.41) is 3.16. The minimum absolute atomic E-state index is 0.0154. The van der Waals surface area contributed by atoms with Crippen molar-refractivity contribution in [2.24, 2.45) is 0 Å². The number of nitrogens with zero attached hydrogens (tertiary/aromatic N) is 1. The van der Waals surface area contributed by atoms with E-state index in [1.165, 1.54) is 16.2 Å². The molecule has 1 saturated heterocycles. The normalized spacial score (nSPS) is 15.5. The average molecular weight is 455 g/mol. The van der Waals surface area contributed by atoms with Gasteiger partial charge in [-0.15, -0.1) is 11.3 Å². The van der Waals surface area contributed by atoms with Crippen LogP contribution in [0.4, 0.5) is 5.69 Å². The van der Waals surface area contributed by atoms with E-state index in [-0.39, 0.29) is 10.7 Å². The Morgan fingerprint density at radius 2 is 1.73 bits per heavy atom. The molecular formula is C22H15ClN2O3S2. The second kappa shape index (κ2) is 8.39. The summed E-state index contributed by atoms with van der Waals surface area (Å²) in [7, 11) is 1.62. The second-order valence-corrected chi connectivity index (χ2v) is 8.30. The number of nitrogens with one attached hydrogen (secondary N) is 1. The highest BCUT2D eigenvalue weighted by Gasteiger charge is 2.34. The molecule has 2 aromatic carbocycles. The maximum absolute atomic E-state index is 13.1. The molecule has 1 N–H and O–H groups in total. The predicted octanol–water partition coefficient (Wildman–Crippen LogP) is 4.91. The maximum atomic E-state index is 13.1. The van der Waals surface area contributed by atoms with Crippen LogP contribution in [0.1, 0.15) is 4.88 Å². The number of hydrogen-bond donors (Lipinski definition) is 1. The van der Waals surface area contributed by atoms with Crippen molar-refractivity contribution >= 4 is 63.8 Å². The Labute approximate surface area is 187 Å². The lowest BCUT2D eigenvalue weighted by Crippen LogP contribution is -2.54. The topological polar surface area (TPSA) is 58.6 Å². The van der Waals surface area contributed by atoms with Crippen molar-refractivity contribution in [1.82, 2.24) is 5.32 Å². The van der Waals surface area contributed by atoms with E-state index in [2.05, 4.69) is 5.32 Å². The van der Waals surface area contributed by atoms with Crippen molar-refractivity contribution < 1.29 is 14.3 Å². The van der Waals surface area contributed by atoms with Gasteiger partial charge in [-0.2, -0.15) is 0 Å². The zero-order valence-electron chi connectivity index (χ0n) is 15.7. The Balaban J connectivity index is 1.64. The number of carbonyl (C=O) groups excluding carboxylic acids is 2. The van der Waals surface area contributed by atoms with Crippen molar-refractivity contribution in [2.75, 3.05) is 12.0 Å². The Morgan fingerprint density at radius 1 is 1.03 bits per heavy atom. The highest BCUT2D eigenvalue weighted by atomic mass is 35.5. The van der Waals surface area contributed by atoms with Gasteiger partial charge < -0.3 is 4.74 Å². The lowest BCUT2D eigenvalue weighted by molar-refractivity contribution is -0.122. The van der Waals surface area contributed by atoms with Crippen LogP contribution < -0.4 is 15.0 Å². The molecule has 0 bridgehead atoms. The fourth-order valence-electron chi connectivity index (χ4n) is 2.97. The SMILES string of the molecule is COc1ccc(-c2ccc(/C=C3\C(=O)NC(=S)N(c4ccc(Cl)cc4)C3=O)s2)cc1. The molecule has 30 heavy (non-hydrogen) atoms. The first kappa shape index (κ1) is 20.3. The van der Waals surface area contributed by atoms with Crippen LogP contribution in [0.3, 0.4) is 0 Å². The van der Waals surface area contributed by atoms with Crippen LogP contribution in [0.15, 0.2) is 66.2 Å². The summed E-state index contributed by atoms with van der Waals surface area (Å²) in [6.07, 6.45) is 1.58. The van der Waals surface area contributed by atoms with Crippen LogP contribution in [0.25, 0.3) is 16.5 Å². The van der Waals surface area contributed by atoms with E-state index in [1.54, 1.807) is 37.5 Å². The van der Waals surface area contributed by atoms with Gasteiger partial charge in [0.15, 0.2) is 5.11 Å². The molecule has 5 nitrogen and oxygen atoms in total. The Kier molecular flexibility index (Phi) is 5.67. The lowest BCUT2D eigenvalue weighted by atomic mass is 10.1. The number of amides is 2. The molecular weight excluding hydrogens is 440 g/mol. The molecule has 1 aliphatic heterocycles. The van der Waals surface area contributed by atoms with Gasteiger partial charge >= 0.3 is 0 Å². The number of rotatable bonds is 4. The number of anilines is 1. The van der Waals surface area contributed by atoms with Crippen LogP contribution in [0.5, 0.6) is 5.75 Å². The molecule has 0 atom stereocenters. The van der Waals surface area contributed by atoms with Crippen molar-refractivity contribution in [2.45, 2.75) is 0 Å². The number of ether oxygens (including phenoxy) is 1. The number of carbonyl (C=O) groups is 2. The summed E-state index contributed by atoms with van der Waals surface area (Å²) < 4.78 is 5.19. The molecule has 2 heterocycles. The van der Waals surface area contributed by atoms with Gasteiger partial charge in [0.25, 0.3) is 11.8 Å². The van der Waals surface area contributed by atoms with E-state index in [1.807, 2.05) is 36.4 Å². The lowest BCUT2D eigenvalue weighted by Gasteiger charge is -2.28. The third kappa shape index (κ3) is 4.00. The quantitative estimate of drug-likeness (QED) is 0.346. The van der Waals surface area contributed by atoms with Gasteiger partial charge in [0, 0.05) is 14.8 Å². The molecule has 0 saturated carbocycles. The molecule has 2 amide bonds. The molecule has 8 heteroatoms. The van der Waals surface area contributed by atoms with E-state index in [0.717, 1.165) is 21.1 Å². The predicted molar refractivity (Wildman–Crippen MR) is 124 cm³/mol. The first-order valence-corrected chi connectivity index (χ1v) is 10.5. The standard InChI is InChI=1S/C22H15ClN2O3S2/c1-28-16-8-2-13(3-9-16)19-11-10-17(30-19)12-18-20(26)24-22(29)25(21(18)27)15-6-4-14(23)5-7-15/h2-12H,1H3,(H,24,26,29)/b18-12+. The highest BCUT2D eigenvalue weighted by molar-refractivity contribution is 7.80. The Morgan fingerprint density at radius 3 is 2.40 bits per heavy atom. The van der Waals surface area contributed by atoms with Gasteiger partial charge in [-0.1, -0.05) is 11.6 Å². The molecule has 1 aromatic heterocycles. The molecule has 0 radical (unpaired) electrons. The van der Waals surface area contributed by atoms with Crippen LogP contribution in [0.2, 0.25) is 5.02 Å². The van der Waals surface area contributed by atoms with Gasteiger partial charge in [0.2, 0.25) is 0 Å². The highest BCUT2D eigenvalue weighted by Crippen LogP contribution is 2.31. The van der Waals surface area contributed by atoms with Crippen LogP contribution in [-0.4, -0.2) is 24.0 Å². The zero-order chi connectivity index (χ0) is 21.3. The Hall–Kier alpha value is -3.00. The van der Waals surface area contributed by atoms with Gasteiger partial charge in [-0.05, 0) is 84.5 Å². The fourth-order valence-corrected chi connectivity index (χ4v) is 4.33. The third-order valence-electron chi connectivity index (χ3n) is 4.47. The van der Waals surface area contributed by atoms with Gasteiger partial charge in [-0.25, -0.2) is 0 Å². The van der Waals surface area contributed by atoms with Crippen LogP contribution in [0, 0.1) is 0 Å². The van der Waals surface area contributed by atoms with E-state index in [4.69, 9.17) is 28.6 Å². The summed E-state index contributed by atoms with van der Waals surface area (Å²) in [5.41, 5.74) is 1.57. The molecule has 0 spiro atoms. The average Bonchev–Trinajstić information content (AvgIpc) is 3.21. The monoisotopic (exact) mass is 454 g/mol. The van der Waals surface area contributed by atoms with Crippen molar-refractivity contribution in [3.05, 3.63) is 76.1 Å². The van der Waals surface area contributed by atoms with E-state index < -0.39 is 11.8 Å². The molecule has 4 rings (SSSR count). The van der Waals surface area contributed by atoms with Gasteiger partial charge in [0.05, 0.1) is 12.8 Å². The van der Waals surface area contributed by atoms with Crippen LogP contribution in [-0.2, 0) is 9.59 Å². The summed E-state index contributed by atoms with van der Waals surface area (Å²) in [6, 6.07) is 18.2. The van der Waals surface area contributed by atoms with Crippen molar-refractivity contribution in [3.8, 4) is 16.2 Å². The Bertz CT molecular complexity index is 1170. The number of thiophene rings is 1. The van der Waals surface area contributed by atoms with Gasteiger partial charge in [0.1, 0.15) is 11.3 Å². The number of methoxy groups -OCH3 is 1. The maximum Gasteiger partial charge on any atom is 0.270 e. The number of benzene rings is 2.